The maximum absolute atomic E-state index is 12.2. The largest absolute Gasteiger partial charge is 0.443 e. The van der Waals surface area contributed by atoms with Gasteiger partial charge in [0.1, 0.15) is 5.60 Å². The second-order valence-electron chi connectivity index (χ2n) is 5.99. The summed E-state index contributed by atoms with van der Waals surface area (Å²) in [5.41, 5.74) is 6.18. The summed E-state index contributed by atoms with van der Waals surface area (Å²) in [5, 5.41) is 1.87. The fourth-order valence-electron chi connectivity index (χ4n) is 2.08. The average Bonchev–Trinajstić information content (AvgIpc) is 2.44. The zero-order valence-corrected chi connectivity index (χ0v) is 14.6. The fraction of sp³-hybridized carbons (Fsp3) is 0.375. The van der Waals surface area contributed by atoms with E-state index in [2.05, 4.69) is 27.2 Å². The van der Waals surface area contributed by atoms with Crippen LogP contribution < -0.4 is 9.66 Å². The van der Waals surface area contributed by atoms with Crippen molar-refractivity contribution in [2.45, 2.75) is 32.8 Å². The molecule has 0 aliphatic heterocycles. The number of aromatic nitrogens is 1. The number of hydrogen-bond donors (Lipinski definition) is 1. The fourth-order valence-corrected chi connectivity index (χ4v) is 2.43. The Kier molecular flexibility index (Phi) is 5.03. The van der Waals surface area contributed by atoms with Gasteiger partial charge in [-0.05, 0) is 50.8 Å². The third kappa shape index (κ3) is 3.96. The normalized spacial score (nSPS) is 11.5. The van der Waals surface area contributed by atoms with Crippen LogP contribution in [0.4, 0.5) is 10.6 Å². The van der Waals surface area contributed by atoms with Crippen LogP contribution in [0.1, 0.15) is 26.3 Å². The molecule has 1 amide bonds. The van der Waals surface area contributed by atoms with Gasteiger partial charge in [0.2, 0.25) is 0 Å². The van der Waals surface area contributed by atoms with Crippen molar-refractivity contribution in [2.75, 3.05) is 10.5 Å². The summed E-state index contributed by atoms with van der Waals surface area (Å²) in [4.78, 5) is 16.5. The summed E-state index contributed by atoms with van der Waals surface area (Å²) in [6.07, 6.45) is 1.98. The van der Waals surface area contributed by atoms with Crippen LogP contribution in [0.2, 0.25) is 0 Å². The Hall–Kier alpha value is -1.66. The Morgan fingerprint density at radius 3 is 2.73 bits per heavy atom. The summed E-state index contributed by atoms with van der Waals surface area (Å²) in [5.74, 6) is 0.506. The second-order valence-corrected chi connectivity index (χ2v) is 6.70. The van der Waals surface area contributed by atoms with Gasteiger partial charge in [-0.2, -0.15) is 3.93 Å². The van der Waals surface area contributed by atoms with Crippen molar-refractivity contribution >= 4 is 38.8 Å². The van der Waals surface area contributed by atoms with Gasteiger partial charge in [0.15, 0.2) is 5.82 Å². The van der Waals surface area contributed by atoms with Crippen LogP contribution in [0.15, 0.2) is 30.5 Å². The van der Waals surface area contributed by atoms with E-state index in [4.69, 9.17) is 10.5 Å². The van der Waals surface area contributed by atoms with Crippen molar-refractivity contribution < 1.29 is 9.53 Å². The minimum Gasteiger partial charge on any atom is -0.443 e. The molecule has 0 aliphatic carbocycles. The Balaban J connectivity index is 2.36. The highest BCUT2D eigenvalue weighted by Crippen LogP contribution is 2.28. The van der Waals surface area contributed by atoms with Crippen LogP contribution in [-0.4, -0.2) is 23.2 Å². The maximum atomic E-state index is 12.2. The lowest BCUT2D eigenvalue weighted by molar-refractivity contribution is 0.0613. The minimum atomic E-state index is -0.567. The molecule has 0 saturated heterocycles. The second kappa shape index (κ2) is 6.62. The van der Waals surface area contributed by atoms with Gasteiger partial charge in [-0.1, -0.05) is 18.2 Å². The zero-order chi connectivity index (χ0) is 16.3. The van der Waals surface area contributed by atoms with Crippen molar-refractivity contribution in [1.29, 1.82) is 0 Å². The number of amides is 1. The molecular formula is C16H20BrN3O2. The number of halogens is 1. The Labute approximate surface area is 138 Å². The first kappa shape index (κ1) is 16.7. The highest BCUT2D eigenvalue weighted by molar-refractivity contribution is 9.10. The van der Waals surface area contributed by atoms with Gasteiger partial charge in [-0.15, -0.1) is 0 Å². The number of fused-ring (bicyclic) bond motifs is 1. The van der Waals surface area contributed by atoms with Crippen molar-refractivity contribution in [3.05, 3.63) is 36.0 Å². The average molecular weight is 366 g/mol. The number of anilines is 1. The molecule has 5 nitrogen and oxygen atoms in total. The number of rotatable bonds is 3. The third-order valence-corrected chi connectivity index (χ3v) is 3.61. The summed E-state index contributed by atoms with van der Waals surface area (Å²) in [7, 11) is 0. The molecule has 0 unspecified atom stereocenters. The predicted molar refractivity (Wildman–Crippen MR) is 92.1 cm³/mol. The number of benzene rings is 1. The van der Waals surface area contributed by atoms with E-state index in [9.17, 15) is 4.79 Å². The smallest absolute Gasteiger partial charge is 0.426 e. The molecule has 0 atom stereocenters. The molecule has 6 heteroatoms. The first-order valence-electron chi connectivity index (χ1n) is 7.08. The highest BCUT2D eigenvalue weighted by atomic mass is 79.9. The van der Waals surface area contributed by atoms with Crippen molar-refractivity contribution in [2.24, 2.45) is 5.73 Å². The third-order valence-electron chi connectivity index (χ3n) is 2.98. The van der Waals surface area contributed by atoms with E-state index in [-0.39, 0.29) is 0 Å². The summed E-state index contributed by atoms with van der Waals surface area (Å²) < 4.78 is 6.60. The SMILES string of the molecule is CC(C)(C)OC(=O)N(Br)c1nccc2cc(CCN)ccc12. The van der Waals surface area contributed by atoms with Crippen LogP contribution in [0.3, 0.4) is 0 Å². The maximum Gasteiger partial charge on any atom is 0.426 e. The van der Waals surface area contributed by atoms with Crippen LogP contribution in [0.5, 0.6) is 0 Å². The molecule has 0 aliphatic rings. The number of nitrogens with two attached hydrogens (primary N) is 1. The molecule has 1 aromatic heterocycles. The lowest BCUT2D eigenvalue weighted by Gasteiger charge is -2.23. The van der Waals surface area contributed by atoms with Crippen LogP contribution >= 0.6 is 16.1 Å². The first-order chi connectivity index (χ1) is 10.3. The number of carbonyl (C=O) groups excluding carboxylic acids is 1. The molecular weight excluding hydrogens is 346 g/mol. The van der Waals surface area contributed by atoms with Crippen LogP contribution in [-0.2, 0) is 11.2 Å². The number of ether oxygens (including phenoxy) is 1. The summed E-state index contributed by atoms with van der Waals surface area (Å²) in [6.45, 7) is 6.07. The van der Waals surface area contributed by atoms with E-state index >= 15 is 0 Å². The van der Waals surface area contributed by atoms with Crippen LogP contribution in [0, 0.1) is 0 Å². The molecule has 0 saturated carbocycles. The van der Waals surface area contributed by atoms with Gasteiger partial charge in [-0.25, -0.2) is 9.78 Å². The van der Waals surface area contributed by atoms with Crippen molar-refractivity contribution in [1.82, 2.24) is 4.98 Å². The monoisotopic (exact) mass is 365 g/mol. The highest BCUT2D eigenvalue weighted by Gasteiger charge is 2.23. The number of pyridine rings is 1. The lowest BCUT2D eigenvalue weighted by atomic mass is 10.1. The van der Waals surface area contributed by atoms with E-state index in [0.717, 1.165) is 22.8 Å². The van der Waals surface area contributed by atoms with E-state index in [1.165, 1.54) is 3.93 Å². The molecule has 2 rings (SSSR count). The zero-order valence-electron chi connectivity index (χ0n) is 13.0. The van der Waals surface area contributed by atoms with Gasteiger partial charge in [0.05, 0.1) is 16.1 Å². The Morgan fingerprint density at radius 1 is 1.36 bits per heavy atom. The summed E-state index contributed by atoms with van der Waals surface area (Å²) in [6, 6.07) is 7.91. The van der Waals surface area contributed by atoms with Crippen molar-refractivity contribution in [3.8, 4) is 0 Å². The molecule has 0 spiro atoms. The van der Waals surface area contributed by atoms with Gasteiger partial charge < -0.3 is 10.5 Å². The molecule has 1 heterocycles. The quantitative estimate of drug-likeness (QED) is 0.840. The topological polar surface area (TPSA) is 68.5 Å². The van der Waals surface area contributed by atoms with E-state index in [1.807, 2.05) is 39.0 Å². The predicted octanol–water partition coefficient (Wildman–Crippen LogP) is 3.79. The standard InChI is InChI=1S/C16H20BrN3O2/c1-16(2,3)22-15(21)20(17)14-13-5-4-11(6-8-18)10-12(13)7-9-19-14/h4-5,7,9-10H,6,8,18H2,1-3H3. The number of hydrogen-bond acceptors (Lipinski definition) is 4. The van der Waals surface area contributed by atoms with E-state index < -0.39 is 11.7 Å². The molecule has 2 N–H and O–H groups in total. The molecule has 1 aromatic carbocycles. The van der Waals surface area contributed by atoms with Gasteiger partial charge >= 0.3 is 6.09 Å². The molecule has 22 heavy (non-hydrogen) atoms. The number of carbonyl (C=O) groups is 1. The molecule has 0 fully saturated rings. The van der Waals surface area contributed by atoms with Crippen molar-refractivity contribution in [3.63, 3.8) is 0 Å². The summed E-state index contributed by atoms with van der Waals surface area (Å²) >= 11 is 3.25. The number of nitrogens with zero attached hydrogens (tertiary/aromatic N) is 2. The molecule has 0 radical (unpaired) electrons. The molecule has 2 aromatic rings. The van der Waals surface area contributed by atoms with Crippen LogP contribution in [0.25, 0.3) is 10.8 Å². The molecule has 118 valence electrons. The molecule has 0 bridgehead atoms. The van der Waals surface area contributed by atoms with E-state index in [1.54, 1.807) is 6.20 Å². The Bertz CT molecular complexity index is 683. The first-order valence-corrected chi connectivity index (χ1v) is 7.79. The van der Waals surface area contributed by atoms with Gasteiger partial charge in [0, 0.05) is 11.6 Å². The lowest BCUT2D eigenvalue weighted by Crippen LogP contribution is -2.31. The minimum absolute atomic E-state index is 0.501. The Morgan fingerprint density at radius 2 is 2.09 bits per heavy atom. The van der Waals surface area contributed by atoms with Gasteiger partial charge in [0.25, 0.3) is 0 Å². The van der Waals surface area contributed by atoms with E-state index in [0.29, 0.717) is 12.4 Å². The van der Waals surface area contributed by atoms with Gasteiger partial charge in [-0.3, -0.25) is 0 Å².